The van der Waals surface area contributed by atoms with Gasteiger partial charge in [0.2, 0.25) is 0 Å². The second kappa shape index (κ2) is 5.97. The standard InChI is InChI=1S/C13H21N5O/c1-4-6-18-13(14-9-15-18)8-12(19)11-7-10(3)16-17(11)5-2/h7,9,12,19H,4-6,8H2,1-3H3. The second-order valence-electron chi connectivity index (χ2n) is 4.65. The molecule has 6 nitrogen and oxygen atoms in total. The number of aryl methyl sites for hydroxylation is 3. The molecule has 2 aromatic heterocycles. The largest absolute Gasteiger partial charge is 0.386 e. The summed E-state index contributed by atoms with van der Waals surface area (Å²) >= 11 is 0. The fraction of sp³-hybridized carbons (Fsp3) is 0.615. The number of nitrogens with zero attached hydrogens (tertiary/aromatic N) is 5. The van der Waals surface area contributed by atoms with Crippen LogP contribution in [0.15, 0.2) is 12.4 Å². The third kappa shape index (κ3) is 3.01. The summed E-state index contributed by atoms with van der Waals surface area (Å²) in [5.41, 5.74) is 1.76. The van der Waals surface area contributed by atoms with E-state index in [1.54, 1.807) is 6.33 Å². The molecule has 2 heterocycles. The van der Waals surface area contributed by atoms with Crippen molar-refractivity contribution in [2.45, 2.75) is 52.8 Å². The fourth-order valence-electron chi connectivity index (χ4n) is 2.21. The molecule has 104 valence electrons. The zero-order valence-electron chi connectivity index (χ0n) is 11.7. The molecule has 1 atom stereocenters. The molecule has 1 unspecified atom stereocenters. The van der Waals surface area contributed by atoms with Crippen molar-refractivity contribution in [1.82, 2.24) is 24.5 Å². The molecule has 0 saturated carbocycles. The van der Waals surface area contributed by atoms with Crippen LogP contribution in [-0.2, 0) is 19.5 Å². The van der Waals surface area contributed by atoms with Crippen molar-refractivity contribution in [3.8, 4) is 0 Å². The van der Waals surface area contributed by atoms with Gasteiger partial charge in [-0.05, 0) is 26.3 Å². The molecule has 2 rings (SSSR count). The summed E-state index contributed by atoms with van der Waals surface area (Å²) in [5, 5.41) is 18.9. The van der Waals surface area contributed by atoms with Crippen molar-refractivity contribution in [3.63, 3.8) is 0 Å². The number of hydrogen-bond acceptors (Lipinski definition) is 4. The molecule has 0 bridgehead atoms. The first-order valence-corrected chi connectivity index (χ1v) is 6.74. The summed E-state index contributed by atoms with van der Waals surface area (Å²) in [6.45, 7) is 7.62. The van der Waals surface area contributed by atoms with Crippen LogP contribution in [0.4, 0.5) is 0 Å². The number of aliphatic hydroxyl groups excluding tert-OH is 1. The Bertz CT molecular complexity index is 531. The highest BCUT2D eigenvalue weighted by Crippen LogP contribution is 2.18. The Hall–Kier alpha value is -1.69. The van der Waals surface area contributed by atoms with Gasteiger partial charge in [0, 0.05) is 19.5 Å². The Morgan fingerprint density at radius 2 is 2.11 bits per heavy atom. The van der Waals surface area contributed by atoms with E-state index in [1.807, 2.05) is 29.3 Å². The van der Waals surface area contributed by atoms with Crippen LogP contribution in [0.3, 0.4) is 0 Å². The van der Waals surface area contributed by atoms with Crippen LogP contribution in [0.2, 0.25) is 0 Å². The van der Waals surface area contributed by atoms with E-state index in [9.17, 15) is 5.11 Å². The molecule has 0 fully saturated rings. The number of aromatic nitrogens is 5. The third-order valence-electron chi connectivity index (χ3n) is 3.08. The van der Waals surface area contributed by atoms with Crippen molar-refractivity contribution in [2.24, 2.45) is 0 Å². The average Bonchev–Trinajstić information content (AvgIpc) is 2.97. The minimum atomic E-state index is -0.596. The molecule has 0 amide bonds. The van der Waals surface area contributed by atoms with Crippen LogP contribution in [0.25, 0.3) is 0 Å². The van der Waals surface area contributed by atoms with Gasteiger partial charge in [-0.25, -0.2) is 4.98 Å². The van der Waals surface area contributed by atoms with Gasteiger partial charge in [0.1, 0.15) is 18.3 Å². The number of hydrogen-bond donors (Lipinski definition) is 1. The Morgan fingerprint density at radius 1 is 1.32 bits per heavy atom. The molecule has 2 aromatic rings. The minimum Gasteiger partial charge on any atom is -0.386 e. The Balaban J connectivity index is 2.15. The second-order valence-corrected chi connectivity index (χ2v) is 4.65. The van der Waals surface area contributed by atoms with Crippen LogP contribution < -0.4 is 0 Å². The zero-order chi connectivity index (χ0) is 13.8. The van der Waals surface area contributed by atoms with Crippen LogP contribution in [0.1, 0.15) is 43.6 Å². The molecule has 0 aromatic carbocycles. The van der Waals surface area contributed by atoms with E-state index < -0.39 is 6.10 Å². The van der Waals surface area contributed by atoms with Gasteiger partial charge in [0.25, 0.3) is 0 Å². The maximum absolute atomic E-state index is 10.4. The van der Waals surface area contributed by atoms with Gasteiger partial charge < -0.3 is 5.11 Å². The first kappa shape index (κ1) is 13.7. The normalized spacial score (nSPS) is 12.8. The average molecular weight is 263 g/mol. The Morgan fingerprint density at radius 3 is 2.79 bits per heavy atom. The summed E-state index contributed by atoms with van der Waals surface area (Å²) in [4.78, 5) is 4.22. The van der Waals surface area contributed by atoms with Gasteiger partial charge in [-0.1, -0.05) is 6.92 Å². The molecule has 19 heavy (non-hydrogen) atoms. The Kier molecular flexibility index (Phi) is 4.31. The van der Waals surface area contributed by atoms with Crippen molar-refractivity contribution in [2.75, 3.05) is 0 Å². The molecule has 1 N–H and O–H groups in total. The van der Waals surface area contributed by atoms with Gasteiger partial charge in [-0.15, -0.1) is 0 Å². The lowest BCUT2D eigenvalue weighted by molar-refractivity contribution is 0.163. The quantitative estimate of drug-likeness (QED) is 0.857. The van der Waals surface area contributed by atoms with E-state index in [4.69, 9.17) is 0 Å². The summed E-state index contributed by atoms with van der Waals surface area (Å²) in [7, 11) is 0. The lowest BCUT2D eigenvalue weighted by Gasteiger charge is -2.12. The molecule has 0 saturated heterocycles. The Labute approximate surface area is 113 Å². The van der Waals surface area contributed by atoms with E-state index in [2.05, 4.69) is 22.1 Å². The van der Waals surface area contributed by atoms with E-state index >= 15 is 0 Å². The summed E-state index contributed by atoms with van der Waals surface area (Å²) in [6, 6.07) is 1.93. The number of aliphatic hydroxyl groups is 1. The lowest BCUT2D eigenvalue weighted by Crippen LogP contribution is -2.14. The van der Waals surface area contributed by atoms with Gasteiger partial charge in [-0.2, -0.15) is 10.2 Å². The van der Waals surface area contributed by atoms with Crippen molar-refractivity contribution < 1.29 is 5.11 Å². The van der Waals surface area contributed by atoms with Gasteiger partial charge in [0.05, 0.1) is 11.4 Å². The smallest absolute Gasteiger partial charge is 0.138 e. The maximum Gasteiger partial charge on any atom is 0.138 e. The highest BCUT2D eigenvalue weighted by molar-refractivity contribution is 5.13. The molecule has 0 aliphatic heterocycles. The van der Waals surface area contributed by atoms with E-state index in [1.165, 1.54) is 0 Å². The highest BCUT2D eigenvalue weighted by Gasteiger charge is 2.17. The highest BCUT2D eigenvalue weighted by atomic mass is 16.3. The molecule has 0 aliphatic rings. The monoisotopic (exact) mass is 263 g/mol. The van der Waals surface area contributed by atoms with Crippen LogP contribution in [-0.4, -0.2) is 29.7 Å². The SMILES string of the molecule is CCCn1ncnc1CC(O)c1cc(C)nn1CC. The summed E-state index contributed by atoms with van der Waals surface area (Å²) < 4.78 is 3.68. The molecule has 0 spiro atoms. The maximum atomic E-state index is 10.4. The van der Waals surface area contributed by atoms with E-state index in [-0.39, 0.29) is 0 Å². The van der Waals surface area contributed by atoms with Crippen molar-refractivity contribution >= 4 is 0 Å². The minimum absolute atomic E-state index is 0.463. The molecule has 6 heteroatoms. The topological polar surface area (TPSA) is 68.8 Å². The predicted octanol–water partition coefficient (Wildman–Crippen LogP) is 1.49. The first-order valence-electron chi connectivity index (χ1n) is 6.74. The predicted molar refractivity (Wildman–Crippen MR) is 71.6 cm³/mol. The van der Waals surface area contributed by atoms with Gasteiger partial charge in [0.15, 0.2) is 0 Å². The molecular weight excluding hydrogens is 242 g/mol. The lowest BCUT2D eigenvalue weighted by atomic mass is 10.1. The van der Waals surface area contributed by atoms with E-state index in [0.717, 1.165) is 36.7 Å². The molecular formula is C13H21N5O. The fourth-order valence-corrected chi connectivity index (χ4v) is 2.21. The van der Waals surface area contributed by atoms with Gasteiger partial charge in [-0.3, -0.25) is 9.36 Å². The van der Waals surface area contributed by atoms with E-state index in [0.29, 0.717) is 6.42 Å². The van der Waals surface area contributed by atoms with Crippen LogP contribution in [0, 0.1) is 6.92 Å². The molecule has 0 aliphatic carbocycles. The van der Waals surface area contributed by atoms with Crippen molar-refractivity contribution in [1.29, 1.82) is 0 Å². The number of rotatable bonds is 6. The summed E-state index contributed by atoms with van der Waals surface area (Å²) in [5.74, 6) is 0.816. The zero-order valence-corrected chi connectivity index (χ0v) is 11.7. The van der Waals surface area contributed by atoms with Crippen LogP contribution in [0.5, 0.6) is 0 Å². The molecule has 0 radical (unpaired) electrons. The van der Waals surface area contributed by atoms with Crippen molar-refractivity contribution in [3.05, 3.63) is 29.6 Å². The summed E-state index contributed by atoms with van der Waals surface area (Å²) in [6.07, 6.45) is 2.41. The third-order valence-corrected chi connectivity index (χ3v) is 3.08. The van der Waals surface area contributed by atoms with Crippen LogP contribution >= 0.6 is 0 Å². The van der Waals surface area contributed by atoms with Gasteiger partial charge >= 0.3 is 0 Å². The first-order chi connectivity index (χ1) is 9.15.